The van der Waals surface area contributed by atoms with E-state index in [0.717, 1.165) is 37.7 Å². The Morgan fingerprint density at radius 2 is 1.86 bits per heavy atom. The maximum absolute atomic E-state index is 12.4. The number of morpholine rings is 1. The van der Waals surface area contributed by atoms with Gasteiger partial charge in [0.15, 0.2) is 11.5 Å². The normalized spacial score (nSPS) is 14.1. The molecule has 28 heavy (non-hydrogen) atoms. The Morgan fingerprint density at radius 3 is 2.61 bits per heavy atom. The topological polar surface area (TPSA) is 76.6 Å². The molecular formula is C21H22N4O3. The zero-order valence-electron chi connectivity index (χ0n) is 15.7. The van der Waals surface area contributed by atoms with Crippen LogP contribution in [-0.4, -0.2) is 48.8 Å². The third kappa shape index (κ3) is 3.89. The van der Waals surface area contributed by atoms with Crippen molar-refractivity contribution in [1.29, 1.82) is 0 Å². The Kier molecular flexibility index (Phi) is 5.34. The highest BCUT2D eigenvalue weighted by atomic mass is 16.5. The second-order valence-electron chi connectivity index (χ2n) is 6.40. The number of hydrogen-bond acceptors (Lipinski definition) is 7. The summed E-state index contributed by atoms with van der Waals surface area (Å²) in [6, 6.07) is 15.5. The first-order chi connectivity index (χ1) is 13.7. The van der Waals surface area contributed by atoms with Crippen LogP contribution in [0.1, 0.15) is 17.4 Å². The van der Waals surface area contributed by atoms with Gasteiger partial charge in [-0.2, -0.15) is 0 Å². The van der Waals surface area contributed by atoms with E-state index in [4.69, 9.17) is 9.47 Å². The highest BCUT2D eigenvalue weighted by molar-refractivity contribution is 5.96. The molecule has 1 aliphatic rings. The first-order valence-corrected chi connectivity index (χ1v) is 9.38. The molecule has 0 bridgehead atoms. The second-order valence-corrected chi connectivity index (χ2v) is 6.40. The van der Waals surface area contributed by atoms with Gasteiger partial charge in [0.05, 0.1) is 30.9 Å². The number of nitrogens with zero attached hydrogens (tertiary/aromatic N) is 3. The van der Waals surface area contributed by atoms with Crippen LogP contribution in [0.25, 0.3) is 11.0 Å². The Labute approximate surface area is 163 Å². The van der Waals surface area contributed by atoms with Crippen molar-refractivity contribution in [3.63, 3.8) is 0 Å². The highest BCUT2D eigenvalue weighted by Crippen LogP contribution is 2.25. The maximum atomic E-state index is 12.4. The van der Waals surface area contributed by atoms with Crippen molar-refractivity contribution >= 4 is 34.2 Å². The molecule has 0 saturated carbocycles. The van der Waals surface area contributed by atoms with Crippen LogP contribution in [-0.2, 0) is 9.47 Å². The van der Waals surface area contributed by atoms with Crippen LogP contribution in [0.3, 0.4) is 0 Å². The number of benzene rings is 2. The van der Waals surface area contributed by atoms with Gasteiger partial charge in [0, 0.05) is 24.5 Å². The number of anilines is 3. The molecule has 0 atom stereocenters. The zero-order valence-corrected chi connectivity index (χ0v) is 15.7. The van der Waals surface area contributed by atoms with Crippen molar-refractivity contribution in [3.05, 3.63) is 54.2 Å². The summed E-state index contributed by atoms with van der Waals surface area (Å²) in [5, 5.41) is 3.25. The molecular weight excluding hydrogens is 356 g/mol. The monoisotopic (exact) mass is 378 g/mol. The Balaban J connectivity index is 1.68. The molecule has 0 spiro atoms. The molecule has 0 radical (unpaired) electrons. The van der Waals surface area contributed by atoms with E-state index in [1.54, 1.807) is 6.92 Å². The number of esters is 1. The van der Waals surface area contributed by atoms with Gasteiger partial charge < -0.3 is 19.7 Å². The first kappa shape index (κ1) is 18.2. The van der Waals surface area contributed by atoms with Crippen LogP contribution in [0.2, 0.25) is 0 Å². The van der Waals surface area contributed by atoms with Gasteiger partial charge in [-0.15, -0.1) is 0 Å². The predicted octanol–water partition coefficient (Wildman–Crippen LogP) is 3.39. The van der Waals surface area contributed by atoms with Crippen molar-refractivity contribution in [1.82, 2.24) is 9.97 Å². The van der Waals surface area contributed by atoms with Crippen molar-refractivity contribution in [2.75, 3.05) is 43.1 Å². The van der Waals surface area contributed by atoms with Crippen molar-refractivity contribution < 1.29 is 14.3 Å². The van der Waals surface area contributed by atoms with E-state index in [-0.39, 0.29) is 12.3 Å². The van der Waals surface area contributed by atoms with Crippen LogP contribution < -0.4 is 10.2 Å². The summed E-state index contributed by atoms with van der Waals surface area (Å²) in [7, 11) is 0. The molecule has 3 aromatic rings. The lowest BCUT2D eigenvalue weighted by atomic mass is 10.2. The molecule has 1 aliphatic heterocycles. The van der Waals surface area contributed by atoms with E-state index < -0.39 is 5.97 Å². The number of nitrogens with one attached hydrogen (secondary N) is 1. The number of ether oxygens (including phenoxy) is 2. The van der Waals surface area contributed by atoms with Crippen LogP contribution in [0, 0.1) is 0 Å². The molecule has 1 fully saturated rings. The summed E-state index contributed by atoms with van der Waals surface area (Å²) in [5.74, 6) is -0.108. The van der Waals surface area contributed by atoms with Crippen molar-refractivity contribution in [2.24, 2.45) is 0 Å². The summed E-state index contributed by atoms with van der Waals surface area (Å²) in [4.78, 5) is 23.8. The van der Waals surface area contributed by atoms with Crippen LogP contribution in [0.15, 0.2) is 48.5 Å². The smallest absolute Gasteiger partial charge is 0.360 e. The number of carbonyl (C=O) groups excluding carboxylic acids is 1. The highest BCUT2D eigenvalue weighted by Gasteiger charge is 2.18. The quantitative estimate of drug-likeness (QED) is 0.682. The lowest BCUT2D eigenvalue weighted by Crippen LogP contribution is -2.36. The minimum absolute atomic E-state index is 0.178. The van der Waals surface area contributed by atoms with E-state index in [9.17, 15) is 4.79 Å². The van der Waals surface area contributed by atoms with Crippen LogP contribution in [0.5, 0.6) is 0 Å². The van der Waals surface area contributed by atoms with Crippen LogP contribution in [0.4, 0.5) is 17.2 Å². The van der Waals surface area contributed by atoms with Gasteiger partial charge in [-0.1, -0.05) is 18.2 Å². The number of aromatic nitrogens is 2. The molecule has 1 N–H and O–H groups in total. The molecule has 7 heteroatoms. The number of para-hydroxylation sites is 2. The molecule has 2 heterocycles. The van der Waals surface area contributed by atoms with Gasteiger partial charge in [0.2, 0.25) is 0 Å². The van der Waals surface area contributed by atoms with E-state index in [1.807, 2.05) is 42.5 Å². The second kappa shape index (κ2) is 8.22. The van der Waals surface area contributed by atoms with Gasteiger partial charge in [0.25, 0.3) is 0 Å². The zero-order chi connectivity index (χ0) is 19.3. The molecule has 1 saturated heterocycles. The van der Waals surface area contributed by atoms with Gasteiger partial charge >= 0.3 is 5.97 Å². The summed E-state index contributed by atoms with van der Waals surface area (Å²) in [6.45, 7) is 5.20. The minimum Gasteiger partial charge on any atom is -0.461 e. The van der Waals surface area contributed by atoms with Gasteiger partial charge in [-0.05, 0) is 37.3 Å². The molecule has 0 unspecified atom stereocenters. The average Bonchev–Trinajstić information content (AvgIpc) is 2.74. The first-order valence-electron chi connectivity index (χ1n) is 9.38. The average molecular weight is 378 g/mol. The molecule has 7 nitrogen and oxygen atoms in total. The lowest BCUT2D eigenvalue weighted by Gasteiger charge is -2.29. The largest absolute Gasteiger partial charge is 0.461 e. The molecule has 0 amide bonds. The molecule has 1 aromatic heterocycles. The third-order valence-corrected chi connectivity index (χ3v) is 4.52. The van der Waals surface area contributed by atoms with Crippen molar-refractivity contribution in [2.45, 2.75) is 6.92 Å². The summed E-state index contributed by atoms with van der Waals surface area (Å²) in [6.07, 6.45) is 0. The number of fused-ring (bicyclic) bond motifs is 1. The third-order valence-electron chi connectivity index (χ3n) is 4.52. The number of hydrogen-bond donors (Lipinski definition) is 1. The van der Waals surface area contributed by atoms with E-state index >= 15 is 0 Å². The molecule has 144 valence electrons. The fraction of sp³-hybridized carbons (Fsp3) is 0.286. The standard InChI is InChI=1S/C21H22N4O3/c1-2-28-21(26)19-20(24-18-9-4-3-8-17(18)23-19)22-15-6-5-7-16(14-15)25-10-12-27-13-11-25/h3-9,14H,2,10-13H2,1H3,(H,22,24). The minimum atomic E-state index is -0.493. The van der Waals surface area contributed by atoms with Gasteiger partial charge in [-0.25, -0.2) is 14.8 Å². The van der Waals surface area contributed by atoms with Gasteiger partial charge in [-0.3, -0.25) is 0 Å². The predicted molar refractivity (Wildman–Crippen MR) is 108 cm³/mol. The number of rotatable bonds is 5. The maximum Gasteiger partial charge on any atom is 0.360 e. The molecule has 2 aromatic carbocycles. The van der Waals surface area contributed by atoms with Crippen molar-refractivity contribution in [3.8, 4) is 0 Å². The van der Waals surface area contributed by atoms with Gasteiger partial charge in [0.1, 0.15) is 0 Å². The summed E-state index contributed by atoms with van der Waals surface area (Å²) in [5.41, 5.74) is 3.47. The fourth-order valence-corrected chi connectivity index (χ4v) is 3.17. The summed E-state index contributed by atoms with van der Waals surface area (Å²) < 4.78 is 10.6. The van der Waals surface area contributed by atoms with E-state index in [1.165, 1.54) is 0 Å². The van der Waals surface area contributed by atoms with E-state index in [0.29, 0.717) is 16.9 Å². The summed E-state index contributed by atoms with van der Waals surface area (Å²) >= 11 is 0. The Hall–Kier alpha value is -3.19. The molecule has 0 aliphatic carbocycles. The fourth-order valence-electron chi connectivity index (χ4n) is 3.17. The molecule has 4 rings (SSSR count). The van der Waals surface area contributed by atoms with Crippen LogP contribution >= 0.6 is 0 Å². The SMILES string of the molecule is CCOC(=O)c1nc2ccccc2nc1Nc1cccc(N2CCOCC2)c1. The Bertz CT molecular complexity index is 986. The number of carbonyl (C=O) groups is 1. The Morgan fingerprint density at radius 1 is 1.11 bits per heavy atom. The lowest BCUT2D eigenvalue weighted by molar-refractivity contribution is 0.0521. The van der Waals surface area contributed by atoms with E-state index in [2.05, 4.69) is 26.3 Å².